The lowest BCUT2D eigenvalue weighted by Gasteiger charge is -2.12. The monoisotopic (exact) mass is 151 g/mol. The first-order valence-electron chi connectivity index (χ1n) is 3.74. The van der Waals surface area contributed by atoms with E-state index in [2.05, 4.69) is 17.3 Å². The Bertz CT molecular complexity index is 194. The molecule has 3 heteroatoms. The van der Waals surface area contributed by atoms with E-state index in [1.54, 1.807) is 6.20 Å². The van der Waals surface area contributed by atoms with Gasteiger partial charge in [0.05, 0.1) is 0 Å². The van der Waals surface area contributed by atoms with Gasteiger partial charge in [-0.15, -0.1) is 0 Å². The van der Waals surface area contributed by atoms with Crippen molar-refractivity contribution < 1.29 is 0 Å². The van der Waals surface area contributed by atoms with Crippen molar-refractivity contribution in [1.29, 1.82) is 0 Å². The molecule has 60 valence electrons. The van der Waals surface area contributed by atoms with Crippen LogP contribution in [0.5, 0.6) is 0 Å². The van der Waals surface area contributed by atoms with E-state index < -0.39 is 0 Å². The van der Waals surface area contributed by atoms with Crippen LogP contribution >= 0.6 is 0 Å². The van der Waals surface area contributed by atoms with E-state index in [-0.39, 0.29) is 6.04 Å². The molecule has 0 amide bonds. The van der Waals surface area contributed by atoms with Crippen molar-refractivity contribution in [1.82, 2.24) is 10.4 Å². The van der Waals surface area contributed by atoms with Gasteiger partial charge in [-0.3, -0.25) is 16.3 Å². The highest BCUT2D eigenvalue weighted by molar-refractivity contribution is 5.12. The Labute approximate surface area is 66.6 Å². The van der Waals surface area contributed by atoms with Gasteiger partial charge in [0.25, 0.3) is 0 Å². The zero-order valence-electron chi connectivity index (χ0n) is 6.62. The van der Waals surface area contributed by atoms with Crippen molar-refractivity contribution in [3.63, 3.8) is 0 Å². The van der Waals surface area contributed by atoms with Crippen molar-refractivity contribution in [3.8, 4) is 0 Å². The number of aromatic nitrogens is 1. The Morgan fingerprint density at radius 3 is 3.00 bits per heavy atom. The minimum atomic E-state index is 0.226. The quantitative estimate of drug-likeness (QED) is 0.500. The molecule has 0 fully saturated rings. The Hall–Kier alpha value is -0.930. The van der Waals surface area contributed by atoms with E-state index in [0.29, 0.717) is 0 Å². The van der Waals surface area contributed by atoms with Crippen LogP contribution in [-0.2, 0) is 0 Å². The van der Waals surface area contributed by atoms with E-state index >= 15 is 0 Å². The molecule has 3 N–H and O–H groups in total. The number of hydrogen-bond acceptors (Lipinski definition) is 3. The van der Waals surface area contributed by atoms with E-state index in [1.165, 1.54) is 0 Å². The summed E-state index contributed by atoms with van der Waals surface area (Å²) in [5.41, 5.74) is 3.86. The standard InChI is InChI=1S/C8H13N3/c1-2-8(11-9)7-4-3-5-10-6-7/h3-6,8,11H,2,9H2,1H3/t8-/m1/s1. The summed E-state index contributed by atoms with van der Waals surface area (Å²) in [7, 11) is 0. The summed E-state index contributed by atoms with van der Waals surface area (Å²) in [4.78, 5) is 4.01. The lowest BCUT2D eigenvalue weighted by atomic mass is 10.1. The molecule has 0 aromatic carbocycles. The normalized spacial score (nSPS) is 12.9. The number of pyridine rings is 1. The van der Waals surface area contributed by atoms with Crippen LogP contribution in [0.1, 0.15) is 24.9 Å². The SMILES string of the molecule is CC[C@@H](NN)c1cccnc1. The van der Waals surface area contributed by atoms with Crippen LogP contribution in [0, 0.1) is 0 Å². The van der Waals surface area contributed by atoms with Gasteiger partial charge in [0, 0.05) is 18.4 Å². The van der Waals surface area contributed by atoms with Crippen LogP contribution < -0.4 is 11.3 Å². The number of hydrazine groups is 1. The summed E-state index contributed by atoms with van der Waals surface area (Å²) in [6.45, 7) is 2.08. The molecule has 0 aliphatic carbocycles. The second kappa shape index (κ2) is 4.05. The Kier molecular flexibility index (Phi) is 3.01. The van der Waals surface area contributed by atoms with Crippen molar-refractivity contribution >= 4 is 0 Å². The average molecular weight is 151 g/mol. The number of hydrogen-bond donors (Lipinski definition) is 2. The number of nitrogens with one attached hydrogen (secondary N) is 1. The first-order valence-corrected chi connectivity index (χ1v) is 3.74. The molecule has 11 heavy (non-hydrogen) atoms. The molecule has 0 spiro atoms. The predicted molar refractivity (Wildman–Crippen MR) is 44.6 cm³/mol. The van der Waals surface area contributed by atoms with Gasteiger partial charge in [-0.1, -0.05) is 13.0 Å². The van der Waals surface area contributed by atoms with Gasteiger partial charge in [0.15, 0.2) is 0 Å². The fourth-order valence-electron chi connectivity index (χ4n) is 1.03. The molecule has 0 unspecified atom stereocenters. The first-order chi connectivity index (χ1) is 5.38. The van der Waals surface area contributed by atoms with Gasteiger partial charge in [0.2, 0.25) is 0 Å². The zero-order valence-corrected chi connectivity index (χ0v) is 6.62. The summed E-state index contributed by atoms with van der Waals surface area (Å²) < 4.78 is 0. The largest absolute Gasteiger partial charge is 0.271 e. The Morgan fingerprint density at radius 2 is 2.55 bits per heavy atom. The molecule has 1 heterocycles. The van der Waals surface area contributed by atoms with Crippen LogP contribution in [0.15, 0.2) is 24.5 Å². The zero-order chi connectivity index (χ0) is 8.10. The minimum Gasteiger partial charge on any atom is -0.271 e. The minimum absolute atomic E-state index is 0.226. The molecule has 0 radical (unpaired) electrons. The molecule has 0 aliphatic heterocycles. The maximum absolute atomic E-state index is 5.34. The van der Waals surface area contributed by atoms with E-state index in [4.69, 9.17) is 5.84 Å². The van der Waals surface area contributed by atoms with E-state index in [1.807, 2.05) is 18.3 Å². The van der Waals surface area contributed by atoms with Crippen LogP contribution in [0.3, 0.4) is 0 Å². The Morgan fingerprint density at radius 1 is 1.73 bits per heavy atom. The number of nitrogens with two attached hydrogens (primary N) is 1. The number of nitrogens with zero attached hydrogens (tertiary/aromatic N) is 1. The summed E-state index contributed by atoms with van der Waals surface area (Å²) in [5.74, 6) is 5.34. The third-order valence-electron chi connectivity index (χ3n) is 1.70. The van der Waals surface area contributed by atoms with Crippen molar-refractivity contribution in [2.45, 2.75) is 19.4 Å². The van der Waals surface area contributed by atoms with Crippen LogP contribution in [0.4, 0.5) is 0 Å². The molecule has 0 bridgehead atoms. The predicted octanol–water partition coefficient (Wildman–Crippen LogP) is 0.996. The van der Waals surface area contributed by atoms with Gasteiger partial charge < -0.3 is 0 Å². The summed E-state index contributed by atoms with van der Waals surface area (Å²) in [5, 5.41) is 0. The highest BCUT2D eigenvalue weighted by atomic mass is 15.2. The molecule has 1 aromatic rings. The van der Waals surface area contributed by atoms with Gasteiger partial charge >= 0.3 is 0 Å². The lowest BCUT2D eigenvalue weighted by Crippen LogP contribution is -2.27. The molecule has 0 aliphatic rings. The maximum Gasteiger partial charge on any atom is 0.0472 e. The van der Waals surface area contributed by atoms with Crippen LogP contribution in [-0.4, -0.2) is 4.98 Å². The summed E-state index contributed by atoms with van der Waals surface area (Å²) in [6.07, 6.45) is 4.56. The second-order valence-electron chi connectivity index (χ2n) is 2.41. The molecule has 0 saturated carbocycles. The topological polar surface area (TPSA) is 50.9 Å². The highest BCUT2D eigenvalue weighted by Gasteiger charge is 2.04. The fraction of sp³-hybridized carbons (Fsp3) is 0.375. The van der Waals surface area contributed by atoms with E-state index in [9.17, 15) is 0 Å². The molecule has 1 atom stereocenters. The maximum atomic E-state index is 5.34. The van der Waals surface area contributed by atoms with Gasteiger partial charge in [-0.2, -0.15) is 0 Å². The van der Waals surface area contributed by atoms with Crippen molar-refractivity contribution in [2.24, 2.45) is 5.84 Å². The summed E-state index contributed by atoms with van der Waals surface area (Å²) >= 11 is 0. The molecule has 1 rings (SSSR count). The second-order valence-corrected chi connectivity index (χ2v) is 2.41. The van der Waals surface area contributed by atoms with E-state index in [0.717, 1.165) is 12.0 Å². The highest BCUT2D eigenvalue weighted by Crippen LogP contribution is 2.12. The van der Waals surface area contributed by atoms with Crippen LogP contribution in [0.25, 0.3) is 0 Å². The van der Waals surface area contributed by atoms with Crippen molar-refractivity contribution in [2.75, 3.05) is 0 Å². The number of rotatable bonds is 3. The average Bonchev–Trinajstić information content (AvgIpc) is 2.09. The summed E-state index contributed by atoms with van der Waals surface area (Å²) in [6, 6.07) is 4.15. The first kappa shape index (κ1) is 8.17. The van der Waals surface area contributed by atoms with Gasteiger partial charge in [0.1, 0.15) is 0 Å². The van der Waals surface area contributed by atoms with Crippen molar-refractivity contribution in [3.05, 3.63) is 30.1 Å². The lowest BCUT2D eigenvalue weighted by molar-refractivity contribution is 0.537. The van der Waals surface area contributed by atoms with Crippen LogP contribution in [0.2, 0.25) is 0 Å². The molecule has 3 nitrogen and oxygen atoms in total. The van der Waals surface area contributed by atoms with Gasteiger partial charge in [-0.05, 0) is 18.1 Å². The third-order valence-corrected chi connectivity index (χ3v) is 1.70. The molecule has 1 aromatic heterocycles. The van der Waals surface area contributed by atoms with Gasteiger partial charge in [-0.25, -0.2) is 0 Å². The molecule has 0 saturated heterocycles. The Balaban J connectivity index is 2.74. The fourth-order valence-corrected chi connectivity index (χ4v) is 1.03. The molecular formula is C8H13N3. The third kappa shape index (κ3) is 2.00. The smallest absolute Gasteiger partial charge is 0.0472 e. The molecular weight excluding hydrogens is 138 g/mol.